The molecule has 14 heavy (non-hydrogen) atoms. The van der Waals surface area contributed by atoms with Gasteiger partial charge in [0.15, 0.2) is 0 Å². The summed E-state index contributed by atoms with van der Waals surface area (Å²) < 4.78 is 0. The molecule has 1 aliphatic rings. The molecule has 0 spiro atoms. The first-order chi connectivity index (χ1) is 6.72. The zero-order valence-electron chi connectivity index (χ0n) is 9.72. The summed E-state index contributed by atoms with van der Waals surface area (Å²) in [5.41, 5.74) is 3.02. The van der Waals surface area contributed by atoms with E-state index in [0.717, 1.165) is 5.92 Å². The van der Waals surface area contributed by atoms with Crippen LogP contribution in [0.25, 0.3) is 0 Å². The molecule has 0 aromatic heterocycles. The highest BCUT2D eigenvalue weighted by Gasteiger charge is 2.11. The fourth-order valence-electron chi connectivity index (χ4n) is 1.90. The molecule has 0 aromatic carbocycles. The van der Waals surface area contributed by atoms with Gasteiger partial charge in [-0.25, -0.2) is 0 Å². The first-order valence-electron chi connectivity index (χ1n) is 5.71. The lowest BCUT2D eigenvalue weighted by Gasteiger charge is -2.20. The molecule has 0 atom stereocenters. The third kappa shape index (κ3) is 3.95. The van der Waals surface area contributed by atoms with Gasteiger partial charge in [0.05, 0.1) is 0 Å². The maximum atomic E-state index is 2.37. The Balaban J connectivity index is 2.51. The summed E-state index contributed by atoms with van der Waals surface area (Å²) in [5, 5.41) is 0. The highest BCUT2D eigenvalue weighted by molar-refractivity contribution is 5.26. The van der Waals surface area contributed by atoms with Gasteiger partial charge in [0.1, 0.15) is 0 Å². The van der Waals surface area contributed by atoms with Crippen LogP contribution in [0.2, 0.25) is 0 Å². The molecule has 1 saturated carbocycles. The zero-order valence-corrected chi connectivity index (χ0v) is 9.72. The number of allylic oxidation sites excluding steroid dienone is 6. The number of rotatable bonds is 2. The minimum Gasteiger partial charge on any atom is -0.0877 e. The van der Waals surface area contributed by atoms with Gasteiger partial charge in [0.25, 0.3) is 0 Å². The molecule has 1 aliphatic carbocycles. The van der Waals surface area contributed by atoms with Gasteiger partial charge in [0, 0.05) is 0 Å². The van der Waals surface area contributed by atoms with Crippen LogP contribution >= 0.6 is 0 Å². The van der Waals surface area contributed by atoms with Gasteiger partial charge in [-0.3, -0.25) is 0 Å². The summed E-state index contributed by atoms with van der Waals surface area (Å²) in [6.07, 6.45) is 14.1. The number of hydrogen-bond acceptors (Lipinski definition) is 0. The van der Waals surface area contributed by atoms with E-state index in [0.29, 0.717) is 0 Å². The van der Waals surface area contributed by atoms with Crippen molar-refractivity contribution < 1.29 is 0 Å². The molecular formula is C14H22. The molecule has 0 radical (unpaired) electrons. The van der Waals surface area contributed by atoms with Crippen molar-refractivity contribution in [2.24, 2.45) is 5.92 Å². The molecule has 0 aliphatic heterocycles. The van der Waals surface area contributed by atoms with Crippen LogP contribution in [-0.2, 0) is 0 Å². The molecule has 0 bridgehead atoms. The smallest absolute Gasteiger partial charge is 0.0315 e. The average Bonchev–Trinajstić information content (AvgIpc) is 2.18. The summed E-state index contributed by atoms with van der Waals surface area (Å²) in [5.74, 6) is 0.937. The topological polar surface area (TPSA) is 0 Å². The lowest BCUT2D eigenvalue weighted by molar-refractivity contribution is 0.444. The maximum absolute atomic E-state index is 2.37. The normalized spacial score (nSPS) is 24.4. The van der Waals surface area contributed by atoms with E-state index in [1.165, 1.54) is 31.3 Å². The van der Waals surface area contributed by atoms with Crippen LogP contribution in [0.4, 0.5) is 0 Å². The van der Waals surface area contributed by atoms with E-state index in [9.17, 15) is 0 Å². The van der Waals surface area contributed by atoms with Crippen LogP contribution in [0.1, 0.15) is 46.5 Å². The van der Waals surface area contributed by atoms with Gasteiger partial charge < -0.3 is 0 Å². The Morgan fingerprint density at radius 3 is 2.50 bits per heavy atom. The maximum Gasteiger partial charge on any atom is -0.0315 e. The highest BCUT2D eigenvalue weighted by Crippen LogP contribution is 2.28. The molecule has 1 rings (SSSR count). The molecule has 0 amide bonds. The second-order valence-corrected chi connectivity index (χ2v) is 4.42. The van der Waals surface area contributed by atoms with E-state index in [-0.39, 0.29) is 0 Å². The van der Waals surface area contributed by atoms with E-state index >= 15 is 0 Å². The molecule has 0 saturated heterocycles. The van der Waals surface area contributed by atoms with Crippen molar-refractivity contribution >= 4 is 0 Å². The third-order valence-corrected chi connectivity index (χ3v) is 2.90. The van der Waals surface area contributed by atoms with Crippen molar-refractivity contribution in [3.05, 3.63) is 35.5 Å². The Kier molecular flexibility index (Phi) is 4.72. The first-order valence-corrected chi connectivity index (χ1v) is 5.71. The number of hydrogen-bond donors (Lipinski definition) is 0. The fourth-order valence-corrected chi connectivity index (χ4v) is 1.90. The lowest BCUT2D eigenvalue weighted by Crippen LogP contribution is -2.03. The van der Waals surface area contributed by atoms with Crippen molar-refractivity contribution in [2.45, 2.75) is 46.5 Å². The minimum absolute atomic E-state index is 0.937. The fraction of sp³-hybridized carbons (Fsp3) is 0.571. The molecule has 0 aromatic rings. The van der Waals surface area contributed by atoms with E-state index in [1.54, 1.807) is 5.57 Å². The minimum atomic E-state index is 0.937. The highest BCUT2D eigenvalue weighted by atomic mass is 14.2. The van der Waals surface area contributed by atoms with Crippen LogP contribution in [0, 0.1) is 5.92 Å². The van der Waals surface area contributed by atoms with Crippen LogP contribution in [0.3, 0.4) is 0 Å². The monoisotopic (exact) mass is 190 g/mol. The van der Waals surface area contributed by atoms with Crippen LogP contribution in [0.5, 0.6) is 0 Å². The molecule has 0 unspecified atom stereocenters. The molecule has 0 heteroatoms. The third-order valence-electron chi connectivity index (χ3n) is 2.90. The van der Waals surface area contributed by atoms with Crippen LogP contribution < -0.4 is 0 Å². The van der Waals surface area contributed by atoms with Gasteiger partial charge in [-0.2, -0.15) is 0 Å². The van der Waals surface area contributed by atoms with Crippen LogP contribution in [0.15, 0.2) is 35.5 Å². The largest absolute Gasteiger partial charge is 0.0877 e. The Labute approximate surface area is 88.4 Å². The predicted molar refractivity (Wildman–Crippen MR) is 64.3 cm³/mol. The zero-order chi connectivity index (χ0) is 10.4. The summed E-state index contributed by atoms with van der Waals surface area (Å²) in [4.78, 5) is 0. The van der Waals surface area contributed by atoms with E-state index in [2.05, 4.69) is 45.1 Å². The Morgan fingerprint density at radius 2 is 1.93 bits per heavy atom. The predicted octanol–water partition coefficient (Wildman–Crippen LogP) is 4.65. The van der Waals surface area contributed by atoms with Crippen molar-refractivity contribution in [3.63, 3.8) is 0 Å². The van der Waals surface area contributed by atoms with E-state index in [4.69, 9.17) is 0 Å². The standard InChI is InChI=1S/C14H22/c1-4-5-6-13(3)11-14-9-7-12(2)8-10-14/h4-6,11-12H,7-10H2,1-3H3. The summed E-state index contributed by atoms with van der Waals surface area (Å²) >= 11 is 0. The molecule has 1 fully saturated rings. The second-order valence-electron chi connectivity index (χ2n) is 4.42. The Hall–Kier alpha value is -0.780. The van der Waals surface area contributed by atoms with Gasteiger partial charge in [0.2, 0.25) is 0 Å². The van der Waals surface area contributed by atoms with E-state index < -0.39 is 0 Å². The average molecular weight is 190 g/mol. The quantitative estimate of drug-likeness (QED) is 0.556. The Morgan fingerprint density at radius 1 is 1.29 bits per heavy atom. The molecule has 0 nitrogen and oxygen atoms in total. The summed E-state index contributed by atoms with van der Waals surface area (Å²) in [6.45, 7) is 6.60. The van der Waals surface area contributed by atoms with Gasteiger partial charge >= 0.3 is 0 Å². The van der Waals surface area contributed by atoms with Gasteiger partial charge in [-0.15, -0.1) is 0 Å². The molecule has 0 N–H and O–H groups in total. The van der Waals surface area contributed by atoms with E-state index in [1.807, 2.05) is 0 Å². The molecular weight excluding hydrogens is 168 g/mol. The van der Waals surface area contributed by atoms with Crippen molar-refractivity contribution in [1.82, 2.24) is 0 Å². The lowest BCUT2D eigenvalue weighted by atomic mass is 9.86. The molecule has 0 heterocycles. The molecule has 78 valence electrons. The summed E-state index contributed by atoms with van der Waals surface area (Å²) in [7, 11) is 0. The van der Waals surface area contributed by atoms with Crippen molar-refractivity contribution in [1.29, 1.82) is 0 Å². The summed E-state index contributed by atoms with van der Waals surface area (Å²) in [6, 6.07) is 0. The first kappa shape index (κ1) is 11.3. The van der Waals surface area contributed by atoms with Crippen molar-refractivity contribution in [3.8, 4) is 0 Å². The van der Waals surface area contributed by atoms with Crippen molar-refractivity contribution in [2.75, 3.05) is 0 Å². The van der Waals surface area contributed by atoms with Crippen LogP contribution in [-0.4, -0.2) is 0 Å². The SMILES string of the molecule is CC=CC=C(C)C=C1CCC(C)CC1. The van der Waals surface area contributed by atoms with Gasteiger partial charge in [-0.1, -0.05) is 42.4 Å². The second kappa shape index (κ2) is 5.85. The van der Waals surface area contributed by atoms with Gasteiger partial charge in [-0.05, 0) is 45.4 Å². The Bertz CT molecular complexity index is 243.